The number of aryl methyl sites for hydroxylation is 1. The average molecular weight is 570 g/mol. The molecule has 2 fully saturated rings. The number of fused-ring (bicyclic) bond motifs is 1. The van der Waals surface area contributed by atoms with Crippen molar-refractivity contribution in [2.24, 2.45) is 11.8 Å². The number of amides is 1. The highest BCUT2D eigenvalue weighted by Gasteiger charge is 2.31. The van der Waals surface area contributed by atoms with Gasteiger partial charge in [-0.15, -0.1) is 0 Å². The molecule has 0 aliphatic carbocycles. The van der Waals surface area contributed by atoms with Crippen molar-refractivity contribution in [3.05, 3.63) is 53.6 Å². The summed E-state index contributed by atoms with van der Waals surface area (Å²) in [6, 6.07) is 12.9. The minimum atomic E-state index is -3.55. The van der Waals surface area contributed by atoms with E-state index in [1.54, 1.807) is 39.9 Å². The highest BCUT2D eigenvalue weighted by molar-refractivity contribution is 7.89. The second-order valence-corrected chi connectivity index (χ2v) is 14.0. The third-order valence-electron chi connectivity index (χ3n) is 7.80. The maximum absolute atomic E-state index is 13.1. The summed E-state index contributed by atoms with van der Waals surface area (Å²) < 4.78 is 29.0. The quantitative estimate of drug-likeness (QED) is 0.440. The molecule has 2 aromatic carbocycles. The van der Waals surface area contributed by atoms with Crippen LogP contribution in [0, 0.1) is 11.8 Å². The molecule has 2 atom stereocenters. The standard InChI is InChI=1S/C29H39N5O3S2/c1-4-23-5-10-26-27(18-23)38-29(31-26)33-15-13-32(14-16-33)12-11-30-28(35)24-6-8-25(9-7-24)39(36,37)34-19-21(2)17-22(3)20-34/h5-10,18,21-22H,4,11-17,19-20H2,1-3H3,(H,30,35). The monoisotopic (exact) mass is 569 g/mol. The van der Waals surface area contributed by atoms with Gasteiger partial charge in [0, 0.05) is 57.9 Å². The van der Waals surface area contributed by atoms with Crippen LogP contribution in [0.4, 0.5) is 5.13 Å². The van der Waals surface area contributed by atoms with Crippen LogP contribution in [0.3, 0.4) is 0 Å². The molecule has 210 valence electrons. The van der Waals surface area contributed by atoms with Crippen LogP contribution in [-0.4, -0.2) is 80.9 Å². The van der Waals surface area contributed by atoms with Gasteiger partial charge in [-0.1, -0.05) is 38.2 Å². The van der Waals surface area contributed by atoms with Crippen LogP contribution in [-0.2, 0) is 16.4 Å². The number of rotatable bonds is 8. The summed E-state index contributed by atoms with van der Waals surface area (Å²) in [7, 11) is -3.55. The zero-order chi connectivity index (χ0) is 27.6. The molecule has 1 amide bonds. The van der Waals surface area contributed by atoms with Gasteiger partial charge in [0.1, 0.15) is 0 Å². The van der Waals surface area contributed by atoms with Crippen LogP contribution in [0.2, 0.25) is 0 Å². The Bertz CT molecular complexity index is 1390. The number of aromatic nitrogens is 1. The van der Waals surface area contributed by atoms with Gasteiger partial charge in [-0.2, -0.15) is 4.31 Å². The molecule has 2 unspecified atom stereocenters. The predicted molar refractivity (Wildman–Crippen MR) is 158 cm³/mol. The van der Waals surface area contributed by atoms with E-state index in [1.165, 1.54) is 10.3 Å². The van der Waals surface area contributed by atoms with Crippen molar-refractivity contribution in [3.63, 3.8) is 0 Å². The molecule has 0 saturated carbocycles. The van der Waals surface area contributed by atoms with Crippen molar-refractivity contribution in [1.82, 2.24) is 19.5 Å². The van der Waals surface area contributed by atoms with Crippen LogP contribution in [0.15, 0.2) is 47.4 Å². The third kappa shape index (κ3) is 6.45. The lowest BCUT2D eigenvalue weighted by Crippen LogP contribution is -2.48. The number of hydrogen-bond acceptors (Lipinski definition) is 7. The zero-order valence-electron chi connectivity index (χ0n) is 23.1. The van der Waals surface area contributed by atoms with Gasteiger partial charge in [-0.25, -0.2) is 13.4 Å². The van der Waals surface area contributed by atoms with E-state index in [0.717, 1.165) is 56.2 Å². The number of benzene rings is 2. The van der Waals surface area contributed by atoms with E-state index in [0.29, 0.717) is 37.0 Å². The Morgan fingerprint density at radius 3 is 2.38 bits per heavy atom. The summed E-state index contributed by atoms with van der Waals surface area (Å²) in [6.45, 7) is 12.4. The summed E-state index contributed by atoms with van der Waals surface area (Å²) in [4.78, 5) is 22.5. The van der Waals surface area contributed by atoms with Crippen LogP contribution in [0.1, 0.15) is 43.1 Å². The smallest absolute Gasteiger partial charge is 0.251 e. The fraction of sp³-hybridized carbons (Fsp3) is 0.517. The van der Waals surface area contributed by atoms with E-state index < -0.39 is 10.0 Å². The number of hydrogen-bond donors (Lipinski definition) is 1. The summed E-state index contributed by atoms with van der Waals surface area (Å²) in [6.07, 6.45) is 2.08. The summed E-state index contributed by atoms with van der Waals surface area (Å²) in [5.74, 6) is 0.509. The van der Waals surface area contributed by atoms with Gasteiger partial charge in [-0.3, -0.25) is 9.69 Å². The molecule has 3 aromatic rings. The van der Waals surface area contributed by atoms with E-state index in [9.17, 15) is 13.2 Å². The molecule has 1 aromatic heterocycles. The van der Waals surface area contributed by atoms with Gasteiger partial charge in [0.15, 0.2) is 5.13 Å². The van der Waals surface area contributed by atoms with Gasteiger partial charge in [-0.05, 0) is 66.6 Å². The molecule has 3 heterocycles. The van der Waals surface area contributed by atoms with Crippen molar-refractivity contribution in [1.29, 1.82) is 0 Å². The lowest BCUT2D eigenvalue weighted by Gasteiger charge is -2.34. The fourth-order valence-electron chi connectivity index (χ4n) is 5.63. The third-order valence-corrected chi connectivity index (χ3v) is 10.7. The Morgan fingerprint density at radius 2 is 1.72 bits per heavy atom. The number of carbonyl (C=O) groups excluding carboxylic acids is 1. The van der Waals surface area contributed by atoms with Crippen molar-refractivity contribution in [2.75, 3.05) is 57.3 Å². The number of nitrogens with one attached hydrogen (secondary N) is 1. The molecular formula is C29H39N5O3S2. The van der Waals surface area contributed by atoms with Crippen LogP contribution in [0.25, 0.3) is 10.2 Å². The van der Waals surface area contributed by atoms with Crippen molar-refractivity contribution >= 4 is 42.6 Å². The topological polar surface area (TPSA) is 85.9 Å². The molecule has 2 saturated heterocycles. The zero-order valence-corrected chi connectivity index (χ0v) is 24.7. The molecular weight excluding hydrogens is 530 g/mol. The first kappa shape index (κ1) is 28.0. The summed E-state index contributed by atoms with van der Waals surface area (Å²) in [5, 5.41) is 4.07. The normalized spacial score (nSPS) is 21.4. The highest BCUT2D eigenvalue weighted by atomic mass is 32.2. The maximum Gasteiger partial charge on any atom is 0.251 e. The largest absolute Gasteiger partial charge is 0.351 e. The number of piperidine rings is 1. The van der Waals surface area contributed by atoms with Crippen LogP contribution >= 0.6 is 11.3 Å². The van der Waals surface area contributed by atoms with Gasteiger partial charge < -0.3 is 10.2 Å². The Labute approximate surface area is 236 Å². The van der Waals surface area contributed by atoms with Crippen LogP contribution in [0.5, 0.6) is 0 Å². The first-order valence-corrected chi connectivity index (χ1v) is 16.2. The van der Waals surface area contributed by atoms with Crippen molar-refractivity contribution in [2.45, 2.75) is 38.5 Å². The Balaban J connectivity index is 1.08. The second-order valence-electron chi connectivity index (χ2n) is 11.0. The fourth-order valence-corrected chi connectivity index (χ4v) is 8.39. The molecule has 2 aliphatic rings. The van der Waals surface area contributed by atoms with Crippen molar-refractivity contribution < 1.29 is 13.2 Å². The number of carbonyl (C=O) groups is 1. The molecule has 0 radical (unpaired) electrons. The average Bonchev–Trinajstić information content (AvgIpc) is 3.36. The Kier molecular flexibility index (Phi) is 8.56. The summed E-state index contributed by atoms with van der Waals surface area (Å²) in [5.41, 5.74) is 2.88. The lowest BCUT2D eigenvalue weighted by atomic mass is 9.94. The minimum absolute atomic E-state index is 0.182. The first-order valence-electron chi connectivity index (χ1n) is 14.0. The minimum Gasteiger partial charge on any atom is -0.351 e. The molecule has 0 spiro atoms. The van der Waals surface area contributed by atoms with E-state index in [2.05, 4.69) is 54.1 Å². The van der Waals surface area contributed by atoms with Gasteiger partial charge in [0.05, 0.1) is 15.1 Å². The summed E-state index contributed by atoms with van der Waals surface area (Å²) >= 11 is 1.76. The molecule has 0 bridgehead atoms. The second kappa shape index (κ2) is 11.9. The predicted octanol–water partition coefficient (Wildman–Crippen LogP) is 4.08. The Hall–Kier alpha value is -2.53. The number of nitrogens with zero attached hydrogens (tertiary/aromatic N) is 4. The maximum atomic E-state index is 13.1. The van der Waals surface area contributed by atoms with Crippen LogP contribution < -0.4 is 10.2 Å². The number of sulfonamides is 1. The van der Waals surface area contributed by atoms with E-state index in [1.807, 2.05) is 0 Å². The molecule has 1 N–H and O–H groups in total. The van der Waals surface area contributed by atoms with E-state index in [4.69, 9.17) is 4.98 Å². The van der Waals surface area contributed by atoms with Gasteiger partial charge in [0.25, 0.3) is 5.91 Å². The highest BCUT2D eigenvalue weighted by Crippen LogP contribution is 2.30. The number of thiazole rings is 1. The van der Waals surface area contributed by atoms with Gasteiger partial charge in [0.2, 0.25) is 10.0 Å². The Morgan fingerprint density at radius 1 is 1.03 bits per heavy atom. The van der Waals surface area contributed by atoms with E-state index >= 15 is 0 Å². The van der Waals surface area contributed by atoms with Crippen molar-refractivity contribution in [3.8, 4) is 0 Å². The lowest BCUT2D eigenvalue weighted by molar-refractivity contribution is 0.0947. The SMILES string of the molecule is CCc1ccc2nc(N3CCN(CCNC(=O)c4ccc(S(=O)(=O)N5CC(C)CC(C)C5)cc4)CC3)sc2c1. The number of anilines is 1. The molecule has 10 heteroatoms. The number of piperazine rings is 1. The van der Waals surface area contributed by atoms with E-state index in [-0.39, 0.29) is 10.8 Å². The molecule has 2 aliphatic heterocycles. The molecule has 5 rings (SSSR count). The van der Waals surface area contributed by atoms with Gasteiger partial charge >= 0.3 is 0 Å². The first-order chi connectivity index (χ1) is 18.7. The molecule has 39 heavy (non-hydrogen) atoms. The molecule has 8 nitrogen and oxygen atoms in total.